The summed E-state index contributed by atoms with van der Waals surface area (Å²) >= 11 is 0. The van der Waals surface area contributed by atoms with Crippen LogP contribution in [0.1, 0.15) is 59.8 Å². The Labute approximate surface area is 71.8 Å². The first-order valence-electron chi connectivity index (χ1n) is 4.99. The predicted molar refractivity (Wildman–Crippen MR) is 51.8 cm³/mol. The highest BCUT2D eigenvalue weighted by Gasteiger charge is 1.97. The predicted octanol–water partition coefficient (Wildman–Crippen LogP) is 3.36. The van der Waals surface area contributed by atoms with Crippen LogP contribution < -0.4 is 0 Å². The number of unbranched alkanes of at least 4 members (excludes halogenated alkanes) is 2. The van der Waals surface area contributed by atoms with Crippen LogP contribution in [0, 0.1) is 0 Å². The zero-order valence-corrected chi connectivity index (χ0v) is 8.56. The van der Waals surface area contributed by atoms with Gasteiger partial charge in [0.2, 0.25) is 0 Å². The molecule has 11 heavy (non-hydrogen) atoms. The van der Waals surface area contributed by atoms with Gasteiger partial charge in [0.25, 0.3) is 0 Å². The number of aliphatic hydroxyl groups is 1. The zero-order chi connectivity index (χ0) is 9.11. The molecular formula is C10H24O. The molecule has 0 aromatic carbocycles. The highest BCUT2D eigenvalue weighted by Crippen LogP contribution is 2.04. The fourth-order valence-electron chi connectivity index (χ4n) is 0.834. The van der Waals surface area contributed by atoms with Gasteiger partial charge in [-0.25, -0.2) is 0 Å². The van der Waals surface area contributed by atoms with Crippen LogP contribution in [0.25, 0.3) is 0 Å². The van der Waals surface area contributed by atoms with E-state index in [1.807, 2.05) is 20.8 Å². The van der Waals surface area contributed by atoms with Gasteiger partial charge in [0.05, 0.1) is 6.10 Å². The summed E-state index contributed by atoms with van der Waals surface area (Å²) in [6.07, 6.45) is 5.55. The minimum absolute atomic E-state index is 0.0449. The Balaban J connectivity index is 0. The fraction of sp³-hybridized carbons (Fsp3) is 1.00. The van der Waals surface area contributed by atoms with Gasteiger partial charge < -0.3 is 5.11 Å². The maximum Gasteiger partial charge on any atom is 0.0537 e. The van der Waals surface area contributed by atoms with E-state index in [0.717, 1.165) is 12.8 Å². The molecule has 0 unspecified atom stereocenters. The van der Waals surface area contributed by atoms with Crippen molar-refractivity contribution in [3.05, 3.63) is 0 Å². The lowest BCUT2D eigenvalue weighted by molar-refractivity contribution is 0.156. The van der Waals surface area contributed by atoms with E-state index >= 15 is 0 Å². The van der Waals surface area contributed by atoms with E-state index in [2.05, 4.69) is 6.92 Å². The molecule has 0 aliphatic carbocycles. The molecule has 1 nitrogen and oxygen atoms in total. The third-order valence-electron chi connectivity index (χ3n) is 1.61. The molecule has 0 spiro atoms. The lowest BCUT2D eigenvalue weighted by atomic mass is 10.1. The average molecular weight is 160 g/mol. The van der Waals surface area contributed by atoms with E-state index in [9.17, 15) is 0 Å². The van der Waals surface area contributed by atoms with Crippen molar-refractivity contribution in [3.8, 4) is 0 Å². The summed E-state index contributed by atoms with van der Waals surface area (Å²) in [7, 11) is 0. The summed E-state index contributed by atoms with van der Waals surface area (Å²) in [5.74, 6) is 0. The van der Waals surface area contributed by atoms with Crippen LogP contribution in [0.15, 0.2) is 0 Å². The van der Waals surface area contributed by atoms with Crippen LogP contribution >= 0.6 is 0 Å². The summed E-state index contributed by atoms with van der Waals surface area (Å²) in [6.45, 7) is 8.20. The van der Waals surface area contributed by atoms with Crippen molar-refractivity contribution < 1.29 is 5.11 Å². The van der Waals surface area contributed by atoms with Gasteiger partial charge >= 0.3 is 0 Å². The molecule has 0 aromatic heterocycles. The highest BCUT2D eigenvalue weighted by atomic mass is 16.3. The molecule has 1 N–H and O–H groups in total. The number of aliphatic hydroxyl groups excluding tert-OH is 1. The summed E-state index contributed by atoms with van der Waals surface area (Å²) < 4.78 is 0. The second-order valence-electron chi connectivity index (χ2n) is 2.56. The molecule has 0 aliphatic heterocycles. The molecule has 0 aromatic rings. The van der Waals surface area contributed by atoms with Crippen LogP contribution in [0.5, 0.6) is 0 Å². The van der Waals surface area contributed by atoms with Crippen molar-refractivity contribution in [1.29, 1.82) is 0 Å². The van der Waals surface area contributed by atoms with Gasteiger partial charge in [-0.2, -0.15) is 0 Å². The quantitative estimate of drug-likeness (QED) is 0.611. The van der Waals surface area contributed by atoms with Crippen molar-refractivity contribution in [2.24, 2.45) is 0 Å². The zero-order valence-electron chi connectivity index (χ0n) is 8.56. The van der Waals surface area contributed by atoms with Gasteiger partial charge in [-0.05, 0) is 12.8 Å². The molecule has 0 bridgehead atoms. The molecule has 1 heteroatoms. The Morgan fingerprint density at radius 3 is 2.00 bits per heavy atom. The molecule has 0 fully saturated rings. The molecule has 1 atom stereocenters. The Kier molecular flexibility index (Phi) is 15.5. The number of hydrogen-bond acceptors (Lipinski definition) is 1. The van der Waals surface area contributed by atoms with Crippen molar-refractivity contribution in [1.82, 2.24) is 0 Å². The monoisotopic (exact) mass is 160 g/mol. The maximum atomic E-state index is 9.08. The van der Waals surface area contributed by atoms with E-state index in [1.165, 1.54) is 19.3 Å². The average Bonchev–Trinajstić information content (AvgIpc) is 2.08. The minimum Gasteiger partial charge on any atom is -0.393 e. The van der Waals surface area contributed by atoms with Crippen molar-refractivity contribution >= 4 is 0 Å². The SMILES string of the molecule is CC.CCCCC[C@@H](O)CC. The summed E-state index contributed by atoms with van der Waals surface area (Å²) in [4.78, 5) is 0. The molecule has 0 aliphatic rings. The molecule has 0 heterocycles. The van der Waals surface area contributed by atoms with E-state index < -0.39 is 0 Å². The largest absolute Gasteiger partial charge is 0.393 e. The van der Waals surface area contributed by atoms with Crippen LogP contribution in [0.4, 0.5) is 0 Å². The van der Waals surface area contributed by atoms with Gasteiger partial charge in [-0.3, -0.25) is 0 Å². The van der Waals surface area contributed by atoms with Crippen molar-refractivity contribution in [2.45, 2.75) is 65.9 Å². The highest BCUT2D eigenvalue weighted by molar-refractivity contribution is 4.51. The summed E-state index contributed by atoms with van der Waals surface area (Å²) in [5, 5.41) is 9.08. The Morgan fingerprint density at radius 2 is 1.64 bits per heavy atom. The molecule has 70 valence electrons. The standard InChI is InChI=1S/C8H18O.C2H6/c1-3-5-6-7-8(9)4-2;1-2/h8-9H,3-7H2,1-2H3;1-2H3/t8-;/m0./s1. The molecule has 0 rings (SSSR count). The fourth-order valence-corrected chi connectivity index (χ4v) is 0.834. The van der Waals surface area contributed by atoms with E-state index in [4.69, 9.17) is 5.11 Å². The number of hydrogen-bond donors (Lipinski definition) is 1. The van der Waals surface area contributed by atoms with Crippen molar-refractivity contribution in [2.75, 3.05) is 0 Å². The Hall–Kier alpha value is -0.0400. The Morgan fingerprint density at radius 1 is 1.09 bits per heavy atom. The van der Waals surface area contributed by atoms with Gasteiger partial charge in [0.1, 0.15) is 0 Å². The minimum atomic E-state index is -0.0449. The van der Waals surface area contributed by atoms with E-state index in [1.54, 1.807) is 0 Å². The summed E-state index contributed by atoms with van der Waals surface area (Å²) in [6, 6.07) is 0. The first-order chi connectivity index (χ1) is 5.31. The van der Waals surface area contributed by atoms with Crippen LogP contribution in [-0.2, 0) is 0 Å². The maximum absolute atomic E-state index is 9.08. The van der Waals surface area contributed by atoms with Crippen LogP contribution in [0.3, 0.4) is 0 Å². The van der Waals surface area contributed by atoms with Gasteiger partial charge in [-0.15, -0.1) is 0 Å². The molecule has 0 saturated carbocycles. The Bertz CT molecular complexity index is 52.8. The lowest BCUT2D eigenvalue weighted by Gasteiger charge is -2.04. The molecule has 0 amide bonds. The van der Waals surface area contributed by atoms with Crippen molar-refractivity contribution in [3.63, 3.8) is 0 Å². The first kappa shape index (κ1) is 13.5. The number of rotatable bonds is 5. The topological polar surface area (TPSA) is 20.2 Å². The lowest BCUT2D eigenvalue weighted by Crippen LogP contribution is -2.02. The van der Waals surface area contributed by atoms with E-state index in [0.29, 0.717) is 0 Å². The third kappa shape index (κ3) is 13.0. The normalized spacial score (nSPS) is 11.7. The first-order valence-corrected chi connectivity index (χ1v) is 4.99. The molecule has 0 saturated heterocycles. The summed E-state index contributed by atoms with van der Waals surface area (Å²) in [5.41, 5.74) is 0. The molecular weight excluding hydrogens is 136 g/mol. The van der Waals surface area contributed by atoms with Crippen LogP contribution in [0.2, 0.25) is 0 Å². The second-order valence-corrected chi connectivity index (χ2v) is 2.56. The van der Waals surface area contributed by atoms with E-state index in [-0.39, 0.29) is 6.10 Å². The molecule has 0 radical (unpaired) electrons. The third-order valence-corrected chi connectivity index (χ3v) is 1.61. The van der Waals surface area contributed by atoms with Crippen LogP contribution in [-0.4, -0.2) is 11.2 Å². The second kappa shape index (κ2) is 12.6. The van der Waals surface area contributed by atoms with Gasteiger partial charge in [-0.1, -0.05) is 47.0 Å². The van der Waals surface area contributed by atoms with Gasteiger partial charge in [0.15, 0.2) is 0 Å². The smallest absolute Gasteiger partial charge is 0.0537 e. The van der Waals surface area contributed by atoms with Gasteiger partial charge in [0, 0.05) is 0 Å².